The Balaban J connectivity index is 0. The van der Waals surface area contributed by atoms with Gasteiger partial charge >= 0.3 is 18.3 Å². The van der Waals surface area contributed by atoms with Gasteiger partial charge in [0.2, 0.25) is 0 Å². The first-order valence-corrected chi connectivity index (χ1v) is 4.60. The maximum absolute atomic E-state index is 9.37. The van der Waals surface area contributed by atoms with Crippen LogP contribution in [0, 0.1) is 0 Å². The molecule has 0 saturated carbocycles. The van der Waals surface area contributed by atoms with Crippen molar-refractivity contribution >= 4 is 18.3 Å². The van der Waals surface area contributed by atoms with E-state index in [0.717, 1.165) is 0 Å². The van der Waals surface area contributed by atoms with E-state index in [0.29, 0.717) is 0 Å². The van der Waals surface area contributed by atoms with Crippen molar-refractivity contribution in [2.45, 2.75) is 0 Å². The number of rotatable bonds is 1. The first-order valence-electron chi connectivity index (χ1n) is 1.20. The molecule has 0 bridgehead atoms. The molecular weight excluding hydrogens is 174 g/mol. The monoisotopic (exact) mass is 179 g/mol. The van der Waals surface area contributed by atoms with Crippen LogP contribution in [0.4, 0.5) is 0 Å². The highest BCUT2D eigenvalue weighted by Crippen LogP contribution is 1.90. The molecule has 7 nitrogen and oxygen atoms in total. The summed E-state index contributed by atoms with van der Waals surface area (Å²) in [5.41, 5.74) is 0. The molecule has 0 fully saturated rings. The first kappa shape index (κ1) is 11.6. The average molecular weight is 179 g/mol. The van der Waals surface area contributed by atoms with Crippen LogP contribution in [0.1, 0.15) is 0 Å². The van der Waals surface area contributed by atoms with Crippen molar-refractivity contribution in [2.24, 2.45) is 0 Å². The predicted octanol–water partition coefficient (Wildman–Crippen LogP) is -1.16. The molecule has 0 atom stereocenters. The predicted molar refractivity (Wildman–Crippen MR) is 28.1 cm³/mol. The summed E-state index contributed by atoms with van der Waals surface area (Å²) < 4.78 is 52.5. The van der Waals surface area contributed by atoms with Gasteiger partial charge in [0, 0.05) is 0 Å². The second-order valence-electron chi connectivity index (χ2n) is 0.855. The van der Waals surface area contributed by atoms with Crippen LogP contribution in [0.5, 0.6) is 0 Å². The van der Waals surface area contributed by atoms with Crippen LogP contribution < -0.4 is 6.15 Å². The fourth-order valence-corrected chi connectivity index (χ4v) is 0. The van der Waals surface area contributed by atoms with Crippen LogP contribution in [0.25, 0.3) is 0 Å². The van der Waals surface area contributed by atoms with Gasteiger partial charge in [0.1, 0.15) is 0 Å². The zero-order valence-corrected chi connectivity index (χ0v) is 5.68. The lowest BCUT2D eigenvalue weighted by molar-refractivity contribution is 0.460. The molecule has 9 heavy (non-hydrogen) atoms. The largest absolute Gasteiger partial charge is 0.397 e. The molecule has 0 aromatic carbocycles. The van der Waals surface area contributed by atoms with Gasteiger partial charge in [0.15, 0.2) is 0 Å². The van der Waals surface area contributed by atoms with E-state index in [9.17, 15) is 16.8 Å². The first-order chi connectivity index (χ1) is 3.25. The molecule has 5 N–H and O–H groups in total. The van der Waals surface area contributed by atoms with Crippen LogP contribution in [0.15, 0.2) is 0 Å². The molecule has 0 aliphatic rings. The molecule has 0 spiro atoms. The second kappa shape index (κ2) is 2.58. The van der Waals surface area contributed by atoms with Crippen LogP contribution in [-0.2, 0) is 18.3 Å². The molecule has 0 amide bonds. The summed E-state index contributed by atoms with van der Waals surface area (Å²) in [6, 6.07) is 0. The highest BCUT2D eigenvalue weighted by molar-refractivity contribution is 8.62. The van der Waals surface area contributed by atoms with Crippen LogP contribution in [-0.4, -0.2) is 25.9 Å². The lowest BCUT2D eigenvalue weighted by Gasteiger charge is -1.84. The standard InChI is InChI=1S/H3N.H2O6S2/c;1-7(2,3)8(4,5)6/h1H3;(H,1,2,3)(H,4,5,6). The van der Waals surface area contributed by atoms with Crippen molar-refractivity contribution in [3.8, 4) is 0 Å². The smallest absolute Gasteiger partial charge is 0.344 e. The molecule has 0 aliphatic heterocycles. The quantitative estimate of drug-likeness (QED) is 0.340. The van der Waals surface area contributed by atoms with E-state index in [-0.39, 0.29) is 6.15 Å². The summed E-state index contributed by atoms with van der Waals surface area (Å²) in [5, 5.41) is 0. The number of hydrogen-bond donors (Lipinski definition) is 3. The van der Waals surface area contributed by atoms with Crippen molar-refractivity contribution in [3.05, 3.63) is 0 Å². The third-order valence-corrected chi connectivity index (χ3v) is 2.40. The van der Waals surface area contributed by atoms with E-state index in [2.05, 4.69) is 0 Å². The molecule has 0 aliphatic carbocycles. The van der Waals surface area contributed by atoms with Gasteiger partial charge in [0.05, 0.1) is 0 Å². The van der Waals surface area contributed by atoms with Crippen molar-refractivity contribution < 1.29 is 25.9 Å². The highest BCUT2D eigenvalue weighted by Gasteiger charge is 2.22. The van der Waals surface area contributed by atoms with Gasteiger partial charge in [0.25, 0.3) is 0 Å². The lowest BCUT2D eigenvalue weighted by Crippen LogP contribution is -2.11. The summed E-state index contributed by atoms with van der Waals surface area (Å²) in [6.07, 6.45) is 0. The Morgan fingerprint density at radius 1 is 0.778 bits per heavy atom. The van der Waals surface area contributed by atoms with Crippen molar-refractivity contribution in [3.63, 3.8) is 0 Å². The lowest BCUT2D eigenvalue weighted by atomic mass is 14.0. The van der Waals surface area contributed by atoms with Crippen LogP contribution >= 0.6 is 0 Å². The Hall–Kier alpha value is -0.220. The van der Waals surface area contributed by atoms with Gasteiger partial charge in [-0.05, 0) is 0 Å². The average Bonchev–Trinajstić information content (AvgIpc) is 1.25. The number of hydrogen-bond acceptors (Lipinski definition) is 5. The molecule has 0 heterocycles. The SMILES string of the molecule is N.O=S(=O)(O)S(=O)(=O)O. The maximum Gasteiger partial charge on any atom is 0.397 e. The Labute approximate surface area is 51.2 Å². The van der Waals surface area contributed by atoms with E-state index in [1.165, 1.54) is 0 Å². The third-order valence-electron chi connectivity index (χ3n) is 0.266. The van der Waals surface area contributed by atoms with Crippen molar-refractivity contribution in [1.29, 1.82) is 0 Å². The van der Waals surface area contributed by atoms with Crippen LogP contribution in [0.2, 0.25) is 0 Å². The van der Waals surface area contributed by atoms with E-state index in [4.69, 9.17) is 9.11 Å². The Kier molecular flexibility index (Phi) is 3.31. The summed E-state index contributed by atoms with van der Waals surface area (Å²) in [5.74, 6) is 0. The van der Waals surface area contributed by atoms with Crippen molar-refractivity contribution in [1.82, 2.24) is 6.15 Å². The topological polar surface area (TPSA) is 144 Å². The molecular formula is H5NO6S2. The minimum atomic E-state index is -5.31. The minimum absolute atomic E-state index is 0. The van der Waals surface area contributed by atoms with Gasteiger partial charge in [-0.15, -0.1) is 0 Å². The van der Waals surface area contributed by atoms with E-state index >= 15 is 0 Å². The van der Waals surface area contributed by atoms with E-state index in [1.807, 2.05) is 0 Å². The van der Waals surface area contributed by atoms with Crippen LogP contribution in [0.3, 0.4) is 0 Å². The Morgan fingerprint density at radius 2 is 0.889 bits per heavy atom. The summed E-state index contributed by atoms with van der Waals surface area (Å²) in [4.78, 5) is 0. The van der Waals surface area contributed by atoms with Gasteiger partial charge in [-0.3, -0.25) is 9.11 Å². The van der Waals surface area contributed by atoms with Crippen molar-refractivity contribution in [2.75, 3.05) is 0 Å². The molecule has 0 radical (unpaired) electrons. The third kappa shape index (κ3) is 3.37. The molecule has 0 unspecified atom stereocenters. The Bertz CT molecular complexity index is 223. The van der Waals surface area contributed by atoms with Gasteiger partial charge < -0.3 is 6.15 Å². The molecule has 9 heteroatoms. The highest BCUT2D eigenvalue weighted by atomic mass is 33.2. The zero-order valence-electron chi connectivity index (χ0n) is 4.05. The molecule has 58 valence electrons. The fraction of sp³-hybridized carbons (Fsp3) is 0. The zero-order chi connectivity index (χ0) is 7.00. The minimum Gasteiger partial charge on any atom is -0.344 e. The maximum atomic E-state index is 9.37. The molecule has 0 saturated heterocycles. The van der Waals surface area contributed by atoms with Gasteiger partial charge in [-0.2, -0.15) is 16.8 Å². The van der Waals surface area contributed by atoms with E-state index < -0.39 is 18.3 Å². The summed E-state index contributed by atoms with van der Waals surface area (Å²) in [6.45, 7) is 0. The summed E-state index contributed by atoms with van der Waals surface area (Å²) in [7, 11) is -10.6. The molecule has 0 rings (SSSR count). The van der Waals surface area contributed by atoms with E-state index in [1.54, 1.807) is 0 Å². The summed E-state index contributed by atoms with van der Waals surface area (Å²) >= 11 is 0. The second-order valence-corrected chi connectivity index (χ2v) is 5.09. The fourth-order valence-electron chi connectivity index (χ4n) is 0. The van der Waals surface area contributed by atoms with Gasteiger partial charge in [-0.25, -0.2) is 0 Å². The molecule has 0 aromatic heterocycles. The van der Waals surface area contributed by atoms with Gasteiger partial charge in [-0.1, -0.05) is 0 Å². The normalized spacial score (nSPS) is 12.2. The molecule has 0 aromatic rings. The Morgan fingerprint density at radius 3 is 0.889 bits per heavy atom.